The van der Waals surface area contributed by atoms with E-state index in [0.29, 0.717) is 5.70 Å². The first-order valence-corrected chi connectivity index (χ1v) is 3.62. The van der Waals surface area contributed by atoms with Crippen molar-refractivity contribution in [3.63, 3.8) is 0 Å². The maximum atomic E-state index is 13.0. The second-order valence-corrected chi connectivity index (χ2v) is 2.55. The van der Waals surface area contributed by atoms with Crippen molar-refractivity contribution in [3.05, 3.63) is 23.7 Å². The van der Waals surface area contributed by atoms with Crippen molar-refractivity contribution >= 4 is 6.72 Å². The zero-order chi connectivity index (χ0) is 8.85. The average molecular weight is 155 g/mol. The molecule has 62 valence electrons. The summed E-state index contributed by atoms with van der Waals surface area (Å²) >= 11 is 0. The highest BCUT2D eigenvalue weighted by atomic mass is 19.1. The van der Waals surface area contributed by atoms with E-state index < -0.39 is 0 Å². The van der Waals surface area contributed by atoms with Gasteiger partial charge >= 0.3 is 0 Å². The summed E-state index contributed by atoms with van der Waals surface area (Å²) in [6, 6.07) is 0. The molecule has 0 saturated heterocycles. The Hall–Kier alpha value is -0.920. The molecule has 0 aliphatic rings. The zero-order valence-electron chi connectivity index (χ0n) is 7.26. The van der Waals surface area contributed by atoms with Crippen LogP contribution >= 0.6 is 0 Å². The molecule has 0 aliphatic carbocycles. The summed E-state index contributed by atoms with van der Waals surface area (Å²) in [5, 5.41) is 0. The maximum absolute atomic E-state index is 13.0. The number of hydrogen-bond donors (Lipinski definition) is 0. The highest BCUT2D eigenvalue weighted by Gasteiger charge is 2.05. The van der Waals surface area contributed by atoms with Crippen LogP contribution in [-0.2, 0) is 0 Å². The van der Waals surface area contributed by atoms with Crippen molar-refractivity contribution in [1.29, 1.82) is 0 Å². The summed E-state index contributed by atoms with van der Waals surface area (Å²) in [4.78, 5) is 3.61. The van der Waals surface area contributed by atoms with Gasteiger partial charge in [-0.3, -0.25) is 4.99 Å². The topological polar surface area (TPSA) is 12.4 Å². The van der Waals surface area contributed by atoms with E-state index in [1.165, 1.54) is 6.08 Å². The van der Waals surface area contributed by atoms with Crippen molar-refractivity contribution in [2.75, 3.05) is 0 Å². The van der Waals surface area contributed by atoms with Gasteiger partial charge in [-0.15, -0.1) is 0 Å². The number of halogens is 1. The van der Waals surface area contributed by atoms with Crippen LogP contribution in [0.5, 0.6) is 0 Å². The van der Waals surface area contributed by atoms with Gasteiger partial charge in [0.2, 0.25) is 0 Å². The van der Waals surface area contributed by atoms with Crippen molar-refractivity contribution in [2.45, 2.75) is 20.8 Å². The van der Waals surface area contributed by atoms with Crippen molar-refractivity contribution < 1.29 is 4.39 Å². The zero-order valence-corrected chi connectivity index (χ0v) is 7.26. The summed E-state index contributed by atoms with van der Waals surface area (Å²) in [6.45, 7) is 8.83. The minimum absolute atomic E-state index is 0.0868. The molecule has 0 unspecified atom stereocenters. The van der Waals surface area contributed by atoms with Crippen LogP contribution < -0.4 is 0 Å². The summed E-state index contributed by atoms with van der Waals surface area (Å²) < 4.78 is 13.0. The minimum atomic E-state index is -0.294. The minimum Gasteiger partial charge on any atom is -0.266 e. The fourth-order valence-corrected chi connectivity index (χ4v) is 0.766. The van der Waals surface area contributed by atoms with Crippen molar-refractivity contribution in [3.8, 4) is 0 Å². The maximum Gasteiger partial charge on any atom is 0.144 e. The Morgan fingerprint density at radius 1 is 1.55 bits per heavy atom. The molecular formula is C9H14FN. The van der Waals surface area contributed by atoms with Crippen molar-refractivity contribution in [2.24, 2.45) is 10.9 Å². The molecule has 2 heteroatoms. The monoisotopic (exact) mass is 155 g/mol. The van der Waals surface area contributed by atoms with Crippen LogP contribution in [-0.4, -0.2) is 6.72 Å². The number of hydrogen-bond acceptors (Lipinski definition) is 1. The summed E-state index contributed by atoms with van der Waals surface area (Å²) in [7, 11) is 0. The largest absolute Gasteiger partial charge is 0.266 e. The normalized spacial score (nSPS) is 13.9. The molecule has 0 rings (SSSR count). The molecule has 0 aliphatic heterocycles. The molecule has 11 heavy (non-hydrogen) atoms. The van der Waals surface area contributed by atoms with E-state index in [9.17, 15) is 4.39 Å². The van der Waals surface area contributed by atoms with E-state index in [0.717, 1.165) is 0 Å². The Kier molecular flexibility index (Phi) is 4.42. The molecule has 0 N–H and O–H groups in total. The van der Waals surface area contributed by atoms with Crippen LogP contribution in [0.4, 0.5) is 4.39 Å². The molecule has 0 spiro atoms. The second kappa shape index (κ2) is 4.83. The molecule has 0 atom stereocenters. The summed E-state index contributed by atoms with van der Waals surface area (Å²) in [5.41, 5.74) is 0.420. The van der Waals surface area contributed by atoms with Gasteiger partial charge in [0.05, 0.1) is 5.70 Å². The molecule has 0 heterocycles. The van der Waals surface area contributed by atoms with E-state index >= 15 is 0 Å². The van der Waals surface area contributed by atoms with Gasteiger partial charge in [0.25, 0.3) is 0 Å². The fraction of sp³-hybridized carbons (Fsp3) is 0.444. The van der Waals surface area contributed by atoms with Gasteiger partial charge in [0.1, 0.15) is 5.83 Å². The molecule has 0 aromatic carbocycles. The third kappa shape index (κ3) is 3.12. The average Bonchev–Trinajstić information content (AvgIpc) is 1.88. The quantitative estimate of drug-likeness (QED) is 0.438. The van der Waals surface area contributed by atoms with Crippen LogP contribution in [0.3, 0.4) is 0 Å². The van der Waals surface area contributed by atoms with E-state index in [2.05, 4.69) is 11.7 Å². The number of allylic oxidation sites excluding steroid dienone is 4. The Balaban J connectivity index is 4.67. The highest BCUT2D eigenvalue weighted by molar-refractivity contribution is 5.32. The van der Waals surface area contributed by atoms with Gasteiger partial charge in [-0.05, 0) is 25.6 Å². The van der Waals surface area contributed by atoms with E-state index in [1.54, 1.807) is 13.0 Å². The molecule has 0 bridgehead atoms. The predicted octanol–water partition coefficient (Wildman–Crippen LogP) is 3.10. The highest BCUT2D eigenvalue weighted by Crippen LogP contribution is 2.17. The van der Waals surface area contributed by atoms with Crippen molar-refractivity contribution in [1.82, 2.24) is 0 Å². The van der Waals surface area contributed by atoms with Gasteiger partial charge in [-0.2, -0.15) is 0 Å². The molecule has 0 radical (unpaired) electrons. The van der Waals surface area contributed by atoms with Crippen LogP contribution in [0.15, 0.2) is 28.7 Å². The van der Waals surface area contributed by atoms with Gasteiger partial charge in [0.15, 0.2) is 0 Å². The SMILES string of the molecule is C=N/C(=C(F)\C=C/C)C(C)C. The molecule has 0 fully saturated rings. The molecule has 0 saturated carbocycles. The lowest BCUT2D eigenvalue weighted by Crippen LogP contribution is -1.92. The first-order valence-electron chi connectivity index (χ1n) is 3.62. The summed E-state index contributed by atoms with van der Waals surface area (Å²) in [6.07, 6.45) is 3.03. The molecular weight excluding hydrogens is 141 g/mol. The summed E-state index contributed by atoms with van der Waals surface area (Å²) in [5.74, 6) is -0.207. The third-order valence-electron chi connectivity index (χ3n) is 1.27. The Morgan fingerprint density at radius 3 is 2.36 bits per heavy atom. The molecule has 0 aromatic heterocycles. The Labute approximate surface area is 67.3 Å². The molecule has 0 amide bonds. The van der Waals surface area contributed by atoms with E-state index in [4.69, 9.17) is 0 Å². The van der Waals surface area contributed by atoms with Gasteiger partial charge < -0.3 is 0 Å². The van der Waals surface area contributed by atoms with E-state index in [1.807, 2.05) is 13.8 Å². The second-order valence-electron chi connectivity index (χ2n) is 2.55. The van der Waals surface area contributed by atoms with Crippen LogP contribution in [0, 0.1) is 5.92 Å². The van der Waals surface area contributed by atoms with E-state index in [-0.39, 0.29) is 11.7 Å². The lowest BCUT2D eigenvalue weighted by Gasteiger charge is -2.04. The Morgan fingerprint density at radius 2 is 2.09 bits per heavy atom. The number of nitrogens with zero attached hydrogens (tertiary/aromatic N) is 1. The fourth-order valence-electron chi connectivity index (χ4n) is 0.766. The standard InChI is InChI=1S/C9H14FN/c1-5-6-8(10)9(11-4)7(2)3/h5-7H,4H2,1-3H3/b6-5-,9-8+. The van der Waals surface area contributed by atoms with Gasteiger partial charge in [-0.1, -0.05) is 19.9 Å². The van der Waals surface area contributed by atoms with Crippen LogP contribution in [0.25, 0.3) is 0 Å². The van der Waals surface area contributed by atoms with Crippen LogP contribution in [0.2, 0.25) is 0 Å². The van der Waals surface area contributed by atoms with Gasteiger partial charge in [0, 0.05) is 0 Å². The Bertz CT molecular complexity index is 190. The first-order chi connectivity index (χ1) is 5.13. The van der Waals surface area contributed by atoms with Gasteiger partial charge in [-0.25, -0.2) is 4.39 Å². The lowest BCUT2D eigenvalue weighted by atomic mass is 10.1. The third-order valence-corrected chi connectivity index (χ3v) is 1.27. The predicted molar refractivity (Wildman–Crippen MR) is 47.3 cm³/mol. The number of aliphatic imine (C=N–C) groups is 1. The molecule has 1 nitrogen and oxygen atoms in total. The lowest BCUT2D eigenvalue weighted by molar-refractivity contribution is 0.615. The van der Waals surface area contributed by atoms with Crippen LogP contribution in [0.1, 0.15) is 20.8 Å². The first kappa shape index (κ1) is 10.1. The molecule has 0 aromatic rings. The number of rotatable bonds is 3. The smallest absolute Gasteiger partial charge is 0.144 e.